The van der Waals surface area contributed by atoms with Crippen molar-refractivity contribution in [3.05, 3.63) is 102 Å². The largest absolute Gasteiger partial charge is 0.278 e. The van der Waals surface area contributed by atoms with Crippen molar-refractivity contribution >= 4 is 0 Å². The van der Waals surface area contributed by atoms with Gasteiger partial charge in [0.25, 0.3) is 0 Å². The van der Waals surface area contributed by atoms with E-state index in [0.29, 0.717) is 0 Å². The highest BCUT2D eigenvalue weighted by Crippen LogP contribution is 2.36. The highest BCUT2D eigenvalue weighted by atomic mass is 15.2. The van der Waals surface area contributed by atoms with Crippen LogP contribution in [0.5, 0.6) is 0 Å². The number of rotatable bonds is 3. The second-order valence-electron chi connectivity index (χ2n) is 6.26. The van der Waals surface area contributed by atoms with E-state index >= 15 is 0 Å². The summed E-state index contributed by atoms with van der Waals surface area (Å²) in [5.41, 5.74) is 5.51. The Bertz CT molecular complexity index is 673. The van der Waals surface area contributed by atoms with E-state index < -0.39 is 0 Å². The van der Waals surface area contributed by atoms with E-state index in [0.717, 1.165) is 13.0 Å². The lowest BCUT2D eigenvalue weighted by Gasteiger charge is -2.31. The zero-order valence-electron chi connectivity index (χ0n) is 13.3. The molecule has 0 spiro atoms. The van der Waals surface area contributed by atoms with E-state index in [1.54, 1.807) is 5.57 Å². The predicted octanol–water partition coefficient (Wildman–Crippen LogP) is 5.17. The molecule has 1 aliphatic heterocycles. The van der Waals surface area contributed by atoms with Crippen molar-refractivity contribution in [2.75, 3.05) is 6.54 Å². The quantitative estimate of drug-likeness (QED) is 0.756. The van der Waals surface area contributed by atoms with Crippen molar-refractivity contribution in [2.24, 2.45) is 0 Å². The van der Waals surface area contributed by atoms with Crippen molar-refractivity contribution in [1.82, 2.24) is 4.90 Å². The minimum atomic E-state index is 0.234. The Morgan fingerprint density at radius 1 is 0.870 bits per heavy atom. The highest BCUT2D eigenvalue weighted by molar-refractivity contribution is 5.41. The van der Waals surface area contributed by atoms with Crippen LogP contribution in [0.3, 0.4) is 0 Å². The van der Waals surface area contributed by atoms with Crippen LogP contribution in [0.1, 0.15) is 36.4 Å². The second kappa shape index (κ2) is 6.55. The lowest BCUT2D eigenvalue weighted by atomic mass is 9.96. The molecular formula is C22H21N. The minimum Gasteiger partial charge on any atom is -0.278 e. The Balaban J connectivity index is 1.72. The number of nitrogens with zero attached hydrogens (tertiary/aromatic N) is 1. The summed E-state index contributed by atoms with van der Waals surface area (Å²) in [6.07, 6.45) is 8.01. The van der Waals surface area contributed by atoms with Crippen molar-refractivity contribution < 1.29 is 0 Å². The van der Waals surface area contributed by atoms with Gasteiger partial charge in [0.15, 0.2) is 0 Å². The highest BCUT2D eigenvalue weighted by Gasteiger charge is 2.26. The maximum absolute atomic E-state index is 3.70. The van der Waals surface area contributed by atoms with Crippen LogP contribution in [0.4, 0.5) is 0 Å². The van der Waals surface area contributed by atoms with Crippen LogP contribution < -0.4 is 0 Å². The summed E-state index contributed by atoms with van der Waals surface area (Å²) in [7, 11) is 0. The maximum Gasteiger partial charge on any atom is 0.0970 e. The number of hydrogen-bond acceptors (Lipinski definition) is 1. The van der Waals surface area contributed by atoms with Gasteiger partial charge < -0.3 is 0 Å². The van der Waals surface area contributed by atoms with E-state index in [-0.39, 0.29) is 6.04 Å². The smallest absolute Gasteiger partial charge is 0.0970 e. The van der Waals surface area contributed by atoms with Gasteiger partial charge in [0, 0.05) is 6.54 Å². The summed E-state index contributed by atoms with van der Waals surface area (Å²) in [5, 5.41) is 0. The molecule has 1 heteroatoms. The summed E-state index contributed by atoms with van der Waals surface area (Å²) in [5.74, 6) is 0. The SMILES string of the molecule is [C]1C2=C(CC=C2)CCCN1C(c1ccccc1)c1ccccc1. The number of allylic oxidation sites excluding steroid dienone is 2. The fourth-order valence-corrected chi connectivity index (χ4v) is 3.59. The summed E-state index contributed by atoms with van der Waals surface area (Å²) in [4.78, 5) is 2.41. The van der Waals surface area contributed by atoms with Gasteiger partial charge >= 0.3 is 0 Å². The Kier molecular flexibility index (Phi) is 4.12. The Morgan fingerprint density at radius 2 is 1.52 bits per heavy atom. The molecular weight excluding hydrogens is 278 g/mol. The van der Waals surface area contributed by atoms with Crippen LogP contribution in [0.2, 0.25) is 0 Å². The molecule has 1 aliphatic carbocycles. The fourth-order valence-electron chi connectivity index (χ4n) is 3.59. The average molecular weight is 299 g/mol. The molecule has 0 aromatic heterocycles. The van der Waals surface area contributed by atoms with E-state index in [4.69, 9.17) is 0 Å². The van der Waals surface area contributed by atoms with E-state index in [1.165, 1.54) is 29.5 Å². The number of hydrogen-bond donors (Lipinski definition) is 0. The van der Waals surface area contributed by atoms with Gasteiger partial charge in [0.1, 0.15) is 0 Å². The van der Waals surface area contributed by atoms with Gasteiger partial charge in [-0.2, -0.15) is 0 Å². The maximum atomic E-state index is 3.70. The topological polar surface area (TPSA) is 3.24 Å². The first kappa shape index (κ1) is 14.5. The van der Waals surface area contributed by atoms with E-state index in [2.05, 4.69) is 84.3 Å². The van der Waals surface area contributed by atoms with Crippen molar-refractivity contribution in [3.8, 4) is 0 Å². The van der Waals surface area contributed by atoms with Crippen LogP contribution >= 0.6 is 0 Å². The van der Waals surface area contributed by atoms with E-state index in [1.807, 2.05) is 0 Å². The Labute approximate surface area is 139 Å². The summed E-state index contributed by atoms with van der Waals surface area (Å²) >= 11 is 0. The summed E-state index contributed by atoms with van der Waals surface area (Å²) < 4.78 is 0. The molecule has 0 N–H and O–H groups in total. The molecule has 2 radical (unpaired) electrons. The monoisotopic (exact) mass is 299 g/mol. The molecule has 0 saturated carbocycles. The lowest BCUT2D eigenvalue weighted by Crippen LogP contribution is -2.28. The minimum absolute atomic E-state index is 0.234. The van der Waals surface area contributed by atoms with Crippen LogP contribution in [0, 0.1) is 6.54 Å². The van der Waals surface area contributed by atoms with Gasteiger partial charge in [0.05, 0.1) is 12.6 Å². The fraction of sp³-hybridized carbons (Fsp3) is 0.227. The second-order valence-corrected chi connectivity index (χ2v) is 6.26. The van der Waals surface area contributed by atoms with Gasteiger partial charge in [-0.25, -0.2) is 0 Å². The summed E-state index contributed by atoms with van der Waals surface area (Å²) in [6, 6.07) is 21.8. The van der Waals surface area contributed by atoms with Gasteiger partial charge in [-0.1, -0.05) is 78.4 Å². The van der Waals surface area contributed by atoms with Crippen LogP contribution in [0.25, 0.3) is 0 Å². The molecule has 4 rings (SSSR count). The molecule has 0 bridgehead atoms. The molecule has 0 amide bonds. The molecule has 0 fully saturated rings. The van der Waals surface area contributed by atoms with Crippen LogP contribution in [-0.2, 0) is 0 Å². The molecule has 0 unspecified atom stereocenters. The van der Waals surface area contributed by atoms with E-state index in [9.17, 15) is 0 Å². The van der Waals surface area contributed by atoms with Gasteiger partial charge in [-0.15, -0.1) is 0 Å². The van der Waals surface area contributed by atoms with Crippen molar-refractivity contribution in [3.63, 3.8) is 0 Å². The zero-order valence-corrected chi connectivity index (χ0v) is 13.3. The first-order chi connectivity index (χ1) is 11.4. The lowest BCUT2D eigenvalue weighted by molar-refractivity contribution is 0.290. The standard InChI is InChI=1S/C22H21N/c1-3-9-19(10-4-1)22(20-11-5-2-6-12-20)23-16-8-15-18-13-7-14-21(18)17-23/h1-7,9-12,14,22H,8,13,15-16H2. The molecule has 2 aliphatic rings. The molecule has 2 aromatic carbocycles. The molecule has 0 saturated heterocycles. The molecule has 0 atom stereocenters. The van der Waals surface area contributed by atoms with Crippen LogP contribution in [-0.4, -0.2) is 11.4 Å². The third kappa shape index (κ3) is 3.02. The summed E-state index contributed by atoms with van der Waals surface area (Å²) in [6.45, 7) is 4.75. The predicted molar refractivity (Wildman–Crippen MR) is 94.7 cm³/mol. The van der Waals surface area contributed by atoms with Crippen LogP contribution in [0.15, 0.2) is 84.0 Å². The molecule has 1 heterocycles. The van der Waals surface area contributed by atoms with Crippen molar-refractivity contribution in [1.29, 1.82) is 0 Å². The van der Waals surface area contributed by atoms with Gasteiger partial charge in [-0.05, 0) is 36.0 Å². The molecule has 114 valence electrons. The average Bonchev–Trinajstić information content (AvgIpc) is 2.95. The molecule has 2 aromatic rings. The van der Waals surface area contributed by atoms with Gasteiger partial charge in [-0.3, -0.25) is 4.90 Å². The van der Waals surface area contributed by atoms with Gasteiger partial charge in [0.2, 0.25) is 0 Å². The zero-order chi connectivity index (χ0) is 15.5. The third-order valence-corrected chi connectivity index (χ3v) is 4.71. The third-order valence-electron chi connectivity index (χ3n) is 4.71. The van der Waals surface area contributed by atoms with Crippen molar-refractivity contribution in [2.45, 2.75) is 25.3 Å². The Morgan fingerprint density at radius 3 is 2.17 bits per heavy atom. The first-order valence-corrected chi connectivity index (χ1v) is 8.43. The molecule has 23 heavy (non-hydrogen) atoms. The Hall–Kier alpha value is -2.12. The first-order valence-electron chi connectivity index (χ1n) is 8.43. The normalized spacial score (nSPS) is 18.3. The molecule has 1 nitrogen and oxygen atoms in total. The number of benzene rings is 2.